The van der Waals surface area contributed by atoms with Crippen LogP contribution >= 0.6 is 0 Å². The fourth-order valence-electron chi connectivity index (χ4n) is 4.26. The average molecular weight is 441 g/mol. The summed E-state index contributed by atoms with van der Waals surface area (Å²) < 4.78 is 13.7. The highest BCUT2D eigenvalue weighted by molar-refractivity contribution is 5.65. The van der Waals surface area contributed by atoms with Crippen molar-refractivity contribution in [2.45, 2.75) is 25.3 Å². The Morgan fingerprint density at radius 3 is 2.70 bits per heavy atom. The van der Waals surface area contributed by atoms with Crippen LogP contribution in [0.25, 0.3) is 11.3 Å². The molecular weight excluding hydrogens is 415 g/mol. The van der Waals surface area contributed by atoms with Gasteiger partial charge in [0.1, 0.15) is 17.5 Å². The van der Waals surface area contributed by atoms with E-state index >= 15 is 0 Å². The number of hydrogen-bond acceptors (Lipinski definition) is 6. The molecular formula is C26H25FN6. The fraction of sp³-hybridized carbons (Fsp3) is 0.231. The topological polar surface area (TPSA) is 66.8 Å². The van der Waals surface area contributed by atoms with Crippen LogP contribution in [0.1, 0.15) is 30.1 Å². The normalized spacial score (nSPS) is 16.5. The predicted octanol–water partition coefficient (Wildman–Crippen LogP) is 5.20. The number of nitrogens with one attached hydrogen (secondary N) is 1. The minimum atomic E-state index is -0.290. The van der Waals surface area contributed by atoms with Gasteiger partial charge in [0.15, 0.2) is 0 Å². The summed E-state index contributed by atoms with van der Waals surface area (Å²) in [6.45, 7) is 2.79. The van der Waals surface area contributed by atoms with Crippen molar-refractivity contribution in [3.8, 4) is 11.3 Å². The maximum Gasteiger partial charge on any atom is 0.135 e. The van der Waals surface area contributed by atoms with Gasteiger partial charge in [-0.05, 0) is 61.3 Å². The molecule has 5 rings (SSSR count). The molecule has 1 atom stereocenters. The lowest BCUT2D eigenvalue weighted by Crippen LogP contribution is -2.34. The molecule has 1 aliphatic heterocycles. The monoisotopic (exact) mass is 440 g/mol. The Labute approximate surface area is 192 Å². The van der Waals surface area contributed by atoms with Crippen LogP contribution < -0.4 is 5.32 Å². The van der Waals surface area contributed by atoms with Gasteiger partial charge in [0.2, 0.25) is 0 Å². The van der Waals surface area contributed by atoms with Gasteiger partial charge in [0.05, 0.1) is 5.69 Å². The molecule has 3 aromatic heterocycles. The van der Waals surface area contributed by atoms with Crippen LogP contribution in [0.5, 0.6) is 0 Å². The lowest BCUT2D eigenvalue weighted by atomic mass is 9.96. The van der Waals surface area contributed by atoms with Crippen molar-refractivity contribution in [2.75, 3.05) is 18.4 Å². The smallest absolute Gasteiger partial charge is 0.135 e. The molecule has 1 N–H and O–H groups in total. The summed E-state index contributed by atoms with van der Waals surface area (Å²) in [6, 6.07) is 16.3. The van der Waals surface area contributed by atoms with Crippen LogP contribution in [0.3, 0.4) is 0 Å². The van der Waals surface area contributed by atoms with E-state index in [1.807, 2.05) is 36.5 Å². The number of halogens is 1. The van der Waals surface area contributed by atoms with Crippen LogP contribution in [0.2, 0.25) is 0 Å². The Kier molecular flexibility index (Phi) is 6.30. The summed E-state index contributed by atoms with van der Waals surface area (Å²) in [4.78, 5) is 20.6. The summed E-state index contributed by atoms with van der Waals surface area (Å²) in [5.74, 6) is 1.38. The number of hydrogen-bond donors (Lipinski definition) is 1. The molecule has 1 fully saturated rings. The zero-order valence-electron chi connectivity index (χ0n) is 18.2. The molecule has 33 heavy (non-hydrogen) atoms. The van der Waals surface area contributed by atoms with Gasteiger partial charge in [-0.15, -0.1) is 0 Å². The highest BCUT2D eigenvalue weighted by Crippen LogP contribution is 2.29. The van der Waals surface area contributed by atoms with Gasteiger partial charge in [-0.2, -0.15) is 0 Å². The van der Waals surface area contributed by atoms with Crippen molar-refractivity contribution >= 4 is 11.5 Å². The summed E-state index contributed by atoms with van der Waals surface area (Å²) >= 11 is 0. The van der Waals surface area contributed by atoms with Crippen LogP contribution in [0.15, 0.2) is 79.4 Å². The second kappa shape index (κ2) is 9.83. The molecule has 6 nitrogen and oxygen atoms in total. The van der Waals surface area contributed by atoms with Crippen LogP contribution in [0, 0.1) is 5.82 Å². The van der Waals surface area contributed by atoms with E-state index in [-0.39, 0.29) is 11.7 Å². The Morgan fingerprint density at radius 1 is 0.970 bits per heavy atom. The number of aromatic nitrogens is 4. The lowest BCUT2D eigenvalue weighted by Gasteiger charge is -2.32. The van der Waals surface area contributed by atoms with Gasteiger partial charge in [0, 0.05) is 61.1 Å². The maximum atomic E-state index is 13.7. The van der Waals surface area contributed by atoms with Crippen molar-refractivity contribution in [1.82, 2.24) is 24.8 Å². The third-order valence-corrected chi connectivity index (χ3v) is 5.82. The molecule has 1 unspecified atom stereocenters. The van der Waals surface area contributed by atoms with Crippen molar-refractivity contribution < 1.29 is 4.39 Å². The minimum absolute atomic E-state index is 0.213. The summed E-state index contributed by atoms with van der Waals surface area (Å²) in [5, 5.41) is 3.26. The molecule has 4 aromatic rings. The number of pyridine rings is 2. The van der Waals surface area contributed by atoms with E-state index in [2.05, 4.69) is 26.3 Å². The van der Waals surface area contributed by atoms with Crippen molar-refractivity contribution in [1.29, 1.82) is 0 Å². The Bertz CT molecular complexity index is 1200. The molecule has 0 amide bonds. The molecule has 0 spiro atoms. The van der Waals surface area contributed by atoms with Crippen LogP contribution in [-0.2, 0) is 6.54 Å². The van der Waals surface area contributed by atoms with Crippen LogP contribution in [-0.4, -0.2) is 37.9 Å². The van der Waals surface area contributed by atoms with Gasteiger partial charge < -0.3 is 5.32 Å². The average Bonchev–Trinajstić information content (AvgIpc) is 2.85. The quantitative estimate of drug-likeness (QED) is 0.445. The van der Waals surface area contributed by atoms with Gasteiger partial charge in [-0.25, -0.2) is 14.4 Å². The third-order valence-electron chi connectivity index (χ3n) is 5.82. The van der Waals surface area contributed by atoms with E-state index in [0.717, 1.165) is 49.6 Å². The second-order valence-electron chi connectivity index (χ2n) is 8.30. The molecule has 0 bridgehead atoms. The number of benzene rings is 1. The number of likely N-dealkylation sites (tertiary alicyclic amines) is 1. The molecule has 4 heterocycles. The van der Waals surface area contributed by atoms with E-state index in [9.17, 15) is 4.39 Å². The zero-order chi connectivity index (χ0) is 22.5. The van der Waals surface area contributed by atoms with E-state index in [1.54, 1.807) is 24.7 Å². The molecule has 166 valence electrons. The summed E-state index contributed by atoms with van der Waals surface area (Å²) in [6.07, 6.45) is 9.35. The van der Waals surface area contributed by atoms with Gasteiger partial charge >= 0.3 is 0 Å². The Balaban J connectivity index is 1.44. The van der Waals surface area contributed by atoms with Gasteiger partial charge in [0.25, 0.3) is 0 Å². The van der Waals surface area contributed by atoms with E-state index in [0.29, 0.717) is 11.5 Å². The lowest BCUT2D eigenvalue weighted by molar-refractivity contribution is 0.196. The molecule has 0 aliphatic carbocycles. The SMILES string of the molecule is Fc1cccc(Nc2cc(-c3ccncc3)nc(C3CCCN(Cc4cccnc4)C3)n2)c1. The summed E-state index contributed by atoms with van der Waals surface area (Å²) in [5.41, 5.74) is 3.66. The highest BCUT2D eigenvalue weighted by atomic mass is 19.1. The Hall–Kier alpha value is -3.71. The van der Waals surface area contributed by atoms with Crippen molar-refractivity contribution in [3.05, 3.63) is 96.6 Å². The first kappa shape index (κ1) is 21.2. The third kappa shape index (κ3) is 5.38. The van der Waals surface area contributed by atoms with Crippen molar-refractivity contribution in [3.63, 3.8) is 0 Å². The molecule has 1 aliphatic rings. The largest absolute Gasteiger partial charge is 0.340 e. The van der Waals surface area contributed by atoms with E-state index in [4.69, 9.17) is 9.97 Å². The predicted molar refractivity (Wildman–Crippen MR) is 126 cm³/mol. The molecule has 1 saturated heterocycles. The zero-order valence-corrected chi connectivity index (χ0v) is 18.2. The summed E-state index contributed by atoms with van der Waals surface area (Å²) in [7, 11) is 0. The van der Waals surface area contributed by atoms with Gasteiger partial charge in [-0.1, -0.05) is 12.1 Å². The van der Waals surface area contributed by atoms with Gasteiger partial charge in [-0.3, -0.25) is 14.9 Å². The highest BCUT2D eigenvalue weighted by Gasteiger charge is 2.24. The van der Waals surface area contributed by atoms with E-state index in [1.165, 1.54) is 17.7 Å². The molecule has 1 aromatic carbocycles. The molecule has 0 radical (unpaired) electrons. The Morgan fingerprint density at radius 2 is 1.88 bits per heavy atom. The second-order valence-corrected chi connectivity index (χ2v) is 8.30. The maximum absolute atomic E-state index is 13.7. The first-order chi connectivity index (χ1) is 16.2. The fourth-order valence-corrected chi connectivity index (χ4v) is 4.26. The number of nitrogens with zero attached hydrogens (tertiary/aromatic N) is 5. The first-order valence-electron chi connectivity index (χ1n) is 11.2. The van der Waals surface area contributed by atoms with Crippen LogP contribution in [0.4, 0.5) is 15.9 Å². The minimum Gasteiger partial charge on any atom is -0.340 e. The van der Waals surface area contributed by atoms with E-state index < -0.39 is 0 Å². The molecule has 7 heteroatoms. The number of anilines is 2. The first-order valence-corrected chi connectivity index (χ1v) is 11.2. The van der Waals surface area contributed by atoms with Crippen molar-refractivity contribution in [2.24, 2.45) is 0 Å². The number of rotatable bonds is 6. The number of piperidine rings is 1. The standard InChI is InChI=1S/C26H25FN6/c27-22-6-1-7-23(14-22)30-25-15-24(20-8-11-28-12-9-20)31-26(32-25)21-5-3-13-33(18-21)17-19-4-2-10-29-16-19/h1-2,4,6-12,14-16,21H,3,5,13,17-18H2,(H,30,31,32). The molecule has 0 saturated carbocycles.